The Morgan fingerprint density at radius 1 is 1.06 bits per heavy atom. The third kappa shape index (κ3) is 1.98. The van der Waals surface area contributed by atoms with E-state index in [1.54, 1.807) is 0 Å². The molecule has 0 radical (unpaired) electrons. The first-order chi connectivity index (χ1) is 7.50. The summed E-state index contributed by atoms with van der Waals surface area (Å²) in [6.07, 6.45) is 1.12. The summed E-state index contributed by atoms with van der Waals surface area (Å²) in [7, 11) is 0. The second-order valence-electron chi connectivity index (χ2n) is 5.24. The minimum atomic E-state index is 0.605. The van der Waals surface area contributed by atoms with E-state index in [4.69, 9.17) is 0 Å². The topological polar surface area (TPSA) is 0 Å². The molecule has 0 amide bonds. The van der Waals surface area contributed by atoms with Crippen molar-refractivity contribution in [2.45, 2.75) is 40.0 Å². The molecule has 0 fully saturated rings. The Bertz CT molecular complexity index is 439. The lowest BCUT2D eigenvalue weighted by molar-refractivity contribution is 0.754. The second kappa shape index (κ2) is 4.37. The molecule has 86 valence electrons. The molecule has 0 aromatic heterocycles. The number of fused-ring (bicyclic) bond motifs is 1. The molecule has 0 nitrogen and oxygen atoms in total. The molecule has 0 bridgehead atoms. The van der Waals surface area contributed by atoms with Gasteiger partial charge in [-0.1, -0.05) is 61.8 Å². The fraction of sp³-hybridized carbons (Fsp3) is 0.467. The van der Waals surface area contributed by atoms with Gasteiger partial charge < -0.3 is 0 Å². The SMILES string of the molecule is CC(C)C1=C(Br)c2cc(C(C)C)ccc2C1. The fourth-order valence-electron chi connectivity index (χ4n) is 2.22. The molecule has 0 atom stereocenters. The third-order valence-corrected chi connectivity index (χ3v) is 4.33. The maximum Gasteiger partial charge on any atom is 0.0248 e. The highest BCUT2D eigenvalue weighted by Gasteiger charge is 2.22. The van der Waals surface area contributed by atoms with Gasteiger partial charge in [0.15, 0.2) is 0 Å². The van der Waals surface area contributed by atoms with Gasteiger partial charge in [0.05, 0.1) is 0 Å². The highest BCUT2D eigenvalue weighted by molar-refractivity contribution is 9.15. The number of hydrogen-bond acceptors (Lipinski definition) is 0. The van der Waals surface area contributed by atoms with Crippen LogP contribution in [0.4, 0.5) is 0 Å². The van der Waals surface area contributed by atoms with Gasteiger partial charge in [0.2, 0.25) is 0 Å². The van der Waals surface area contributed by atoms with Crippen LogP contribution in [0.3, 0.4) is 0 Å². The van der Waals surface area contributed by atoms with Crippen LogP contribution in [0.5, 0.6) is 0 Å². The molecule has 0 heterocycles. The molecular formula is C15H19Br. The summed E-state index contributed by atoms with van der Waals surface area (Å²) in [6, 6.07) is 6.91. The summed E-state index contributed by atoms with van der Waals surface area (Å²) >= 11 is 3.77. The number of halogens is 1. The molecular weight excluding hydrogens is 260 g/mol. The Morgan fingerprint density at radius 2 is 1.75 bits per heavy atom. The van der Waals surface area contributed by atoms with E-state index in [1.165, 1.54) is 26.7 Å². The van der Waals surface area contributed by atoms with E-state index >= 15 is 0 Å². The van der Waals surface area contributed by atoms with E-state index in [-0.39, 0.29) is 0 Å². The van der Waals surface area contributed by atoms with Gasteiger partial charge in [-0.25, -0.2) is 0 Å². The van der Waals surface area contributed by atoms with Crippen LogP contribution in [0.25, 0.3) is 4.48 Å². The van der Waals surface area contributed by atoms with Crippen LogP contribution in [0.2, 0.25) is 0 Å². The summed E-state index contributed by atoms with van der Waals surface area (Å²) < 4.78 is 1.33. The summed E-state index contributed by atoms with van der Waals surface area (Å²) in [6.45, 7) is 9.03. The highest BCUT2D eigenvalue weighted by atomic mass is 79.9. The Labute approximate surface area is 107 Å². The minimum Gasteiger partial charge on any atom is -0.0589 e. The molecule has 1 aromatic carbocycles. The van der Waals surface area contributed by atoms with Crippen molar-refractivity contribution in [3.8, 4) is 0 Å². The predicted molar refractivity (Wildman–Crippen MR) is 74.9 cm³/mol. The van der Waals surface area contributed by atoms with Crippen molar-refractivity contribution in [3.63, 3.8) is 0 Å². The smallest absolute Gasteiger partial charge is 0.0248 e. The lowest BCUT2D eigenvalue weighted by Crippen LogP contribution is -1.93. The maximum atomic E-state index is 3.77. The van der Waals surface area contributed by atoms with E-state index in [0.29, 0.717) is 11.8 Å². The third-order valence-electron chi connectivity index (χ3n) is 3.40. The molecule has 1 aliphatic rings. The van der Waals surface area contributed by atoms with Crippen LogP contribution >= 0.6 is 15.9 Å². The van der Waals surface area contributed by atoms with Gasteiger partial charge in [-0.05, 0) is 40.5 Å². The van der Waals surface area contributed by atoms with Crippen molar-refractivity contribution in [1.29, 1.82) is 0 Å². The van der Waals surface area contributed by atoms with Gasteiger partial charge >= 0.3 is 0 Å². The highest BCUT2D eigenvalue weighted by Crippen LogP contribution is 2.41. The number of rotatable bonds is 2. The normalized spacial score (nSPS) is 15.2. The zero-order valence-electron chi connectivity index (χ0n) is 10.5. The van der Waals surface area contributed by atoms with Gasteiger partial charge in [0, 0.05) is 4.48 Å². The van der Waals surface area contributed by atoms with Crippen LogP contribution in [0.15, 0.2) is 23.8 Å². The maximum absolute atomic E-state index is 3.77. The van der Waals surface area contributed by atoms with E-state index in [1.807, 2.05) is 0 Å². The first kappa shape index (κ1) is 11.9. The van der Waals surface area contributed by atoms with Crippen molar-refractivity contribution in [2.75, 3.05) is 0 Å². The fourth-order valence-corrected chi connectivity index (χ4v) is 3.19. The van der Waals surface area contributed by atoms with Gasteiger partial charge in [0.25, 0.3) is 0 Å². The van der Waals surface area contributed by atoms with Crippen molar-refractivity contribution >= 4 is 20.4 Å². The molecule has 0 saturated carbocycles. The summed E-state index contributed by atoms with van der Waals surface area (Å²) in [5.74, 6) is 1.23. The van der Waals surface area contributed by atoms with Crippen LogP contribution in [-0.4, -0.2) is 0 Å². The van der Waals surface area contributed by atoms with E-state index in [2.05, 4.69) is 61.8 Å². The van der Waals surface area contributed by atoms with Gasteiger partial charge in [-0.2, -0.15) is 0 Å². The van der Waals surface area contributed by atoms with Crippen molar-refractivity contribution in [1.82, 2.24) is 0 Å². The number of hydrogen-bond donors (Lipinski definition) is 0. The first-order valence-electron chi connectivity index (χ1n) is 6.02. The summed E-state index contributed by atoms with van der Waals surface area (Å²) in [5.41, 5.74) is 5.85. The lowest BCUT2D eigenvalue weighted by Gasteiger charge is -2.08. The molecule has 0 saturated heterocycles. The average molecular weight is 279 g/mol. The molecule has 1 aliphatic carbocycles. The van der Waals surface area contributed by atoms with Crippen LogP contribution in [0.1, 0.15) is 50.3 Å². The summed E-state index contributed by atoms with van der Waals surface area (Å²) in [4.78, 5) is 0. The van der Waals surface area contributed by atoms with Crippen molar-refractivity contribution in [3.05, 3.63) is 40.5 Å². The Morgan fingerprint density at radius 3 is 2.31 bits per heavy atom. The van der Waals surface area contributed by atoms with Gasteiger partial charge in [-0.15, -0.1) is 0 Å². The van der Waals surface area contributed by atoms with E-state index < -0.39 is 0 Å². The average Bonchev–Trinajstić information content (AvgIpc) is 2.56. The molecule has 2 rings (SSSR count). The molecule has 1 aromatic rings. The zero-order valence-corrected chi connectivity index (χ0v) is 12.1. The molecule has 1 heteroatoms. The molecule has 16 heavy (non-hydrogen) atoms. The Balaban J connectivity index is 2.46. The molecule has 0 spiro atoms. The molecule has 0 unspecified atom stereocenters. The quantitative estimate of drug-likeness (QED) is 0.704. The number of benzene rings is 1. The lowest BCUT2D eigenvalue weighted by atomic mass is 9.98. The predicted octanol–water partition coefficient (Wildman–Crippen LogP) is 5.13. The minimum absolute atomic E-state index is 0.605. The Kier molecular flexibility index (Phi) is 3.25. The monoisotopic (exact) mass is 278 g/mol. The second-order valence-corrected chi connectivity index (χ2v) is 6.03. The van der Waals surface area contributed by atoms with Crippen molar-refractivity contribution < 1.29 is 0 Å². The number of allylic oxidation sites excluding steroid dienone is 1. The first-order valence-corrected chi connectivity index (χ1v) is 6.81. The molecule has 0 aliphatic heterocycles. The van der Waals surface area contributed by atoms with Gasteiger partial charge in [0.1, 0.15) is 0 Å². The van der Waals surface area contributed by atoms with Crippen LogP contribution in [-0.2, 0) is 6.42 Å². The van der Waals surface area contributed by atoms with Gasteiger partial charge in [-0.3, -0.25) is 0 Å². The largest absolute Gasteiger partial charge is 0.0589 e. The van der Waals surface area contributed by atoms with Crippen LogP contribution in [0, 0.1) is 5.92 Å². The summed E-state index contributed by atoms with van der Waals surface area (Å²) in [5, 5.41) is 0. The molecule has 0 N–H and O–H groups in total. The van der Waals surface area contributed by atoms with Crippen molar-refractivity contribution in [2.24, 2.45) is 5.92 Å². The van der Waals surface area contributed by atoms with Crippen LogP contribution < -0.4 is 0 Å². The van der Waals surface area contributed by atoms with E-state index in [0.717, 1.165) is 6.42 Å². The van der Waals surface area contributed by atoms with E-state index in [9.17, 15) is 0 Å². The zero-order chi connectivity index (χ0) is 11.9. The standard InChI is InChI=1S/C15H19Br/c1-9(2)11-5-6-12-8-13(10(3)4)15(16)14(12)7-11/h5-7,9-10H,8H2,1-4H3. The Hall–Kier alpha value is -0.560.